The molecule has 1 aliphatic rings. The zero-order valence-electron chi connectivity index (χ0n) is 9.44. The van der Waals surface area contributed by atoms with Gasteiger partial charge in [-0.25, -0.2) is 0 Å². The first-order valence-electron chi connectivity index (χ1n) is 5.14. The fourth-order valence-corrected chi connectivity index (χ4v) is 3.07. The molecule has 1 aromatic heterocycles. The van der Waals surface area contributed by atoms with Gasteiger partial charge in [0.15, 0.2) is 10.9 Å². The van der Waals surface area contributed by atoms with E-state index in [0.29, 0.717) is 29.0 Å². The molecule has 1 aromatic rings. The van der Waals surface area contributed by atoms with E-state index in [0.717, 1.165) is 11.8 Å². The maximum absolute atomic E-state index is 11.9. The number of carbonyl (C=O) groups excluding carboxylic acids is 2. The largest absolute Gasteiger partial charge is 0.293 e. The number of rotatable bonds is 2. The molecular weight excluding hydrogens is 320 g/mol. The lowest BCUT2D eigenvalue weighted by atomic mass is 10.3. The molecule has 1 saturated heterocycles. The standard InChI is InChI=1S/C10H9BrN4O2S/c1-5(16)18-6-2-8(17)15(4-6)10-7(3-12)9(11)13-14-10/h6H,2,4H2,1H3,(H,13,14). The SMILES string of the molecule is CC(=O)SC1CC(=O)N(c2n[nH]c(Br)c2C#N)C1. The molecule has 0 spiro atoms. The third-order valence-electron chi connectivity index (χ3n) is 2.49. The molecule has 1 amide bonds. The van der Waals surface area contributed by atoms with Crippen LogP contribution in [0.3, 0.4) is 0 Å². The van der Waals surface area contributed by atoms with E-state index in [9.17, 15) is 9.59 Å². The lowest BCUT2D eigenvalue weighted by molar-refractivity contribution is -0.117. The van der Waals surface area contributed by atoms with Crippen molar-refractivity contribution in [1.82, 2.24) is 10.2 Å². The summed E-state index contributed by atoms with van der Waals surface area (Å²) in [6.45, 7) is 1.87. The van der Waals surface area contributed by atoms with Gasteiger partial charge >= 0.3 is 0 Å². The van der Waals surface area contributed by atoms with Crippen LogP contribution in [0.15, 0.2) is 4.60 Å². The van der Waals surface area contributed by atoms with Crippen molar-refractivity contribution >= 4 is 44.5 Å². The molecule has 1 unspecified atom stereocenters. The number of hydrogen-bond donors (Lipinski definition) is 1. The molecule has 2 heterocycles. The minimum atomic E-state index is -0.121. The number of amides is 1. The number of H-pyrrole nitrogens is 1. The monoisotopic (exact) mass is 328 g/mol. The number of nitriles is 1. The van der Waals surface area contributed by atoms with Crippen molar-refractivity contribution in [3.63, 3.8) is 0 Å². The van der Waals surface area contributed by atoms with Crippen molar-refractivity contribution < 1.29 is 9.59 Å². The average molecular weight is 329 g/mol. The molecule has 1 atom stereocenters. The van der Waals surface area contributed by atoms with E-state index in [2.05, 4.69) is 26.1 Å². The van der Waals surface area contributed by atoms with E-state index in [1.807, 2.05) is 6.07 Å². The summed E-state index contributed by atoms with van der Waals surface area (Å²) in [5, 5.41) is 15.5. The van der Waals surface area contributed by atoms with Crippen molar-refractivity contribution in [3.8, 4) is 6.07 Å². The van der Waals surface area contributed by atoms with E-state index < -0.39 is 0 Å². The number of anilines is 1. The molecule has 0 radical (unpaired) electrons. The van der Waals surface area contributed by atoms with Crippen LogP contribution in [0.25, 0.3) is 0 Å². The van der Waals surface area contributed by atoms with Gasteiger partial charge in [0.05, 0.1) is 0 Å². The molecule has 18 heavy (non-hydrogen) atoms. The van der Waals surface area contributed by atoms with Gasteiger partial charge in [-0.2, -0.15) is 10.4 Å². The van der Waals surface area contributed by atoms with Crippen molar-refractivity contribution in [3.05, 3.63) is 10.2 Å². The summed E-state index contributed by atoms with van der Waals surface area (Å²) in [7, 11) is 0. The Morgan fingerprint density at radius 2 is 2.44 bits per heavy atom. The highest BCUT2D eigenvalue weighted by molar-refractivity contribution is 9.10. The van der Waals surface area contributed by atoms with Crippen LogP contribution in [-0.2, 0) is 9.59 Å². The summed E-state index contributed by atoms with van der Waals surface area (Å²) < 4.78 is 0.454. The minimum Gasteiger partial charge on any atom is -0.293 e. The number of aromatic nitrogens is 2. The molecule has 0 aliphatic carbocycles. The topological polar surface area (TPSA) is 89.8 Å². The molecule has 1 aliphatic heterocycles. The lowest BCUT2D eigenvalue weighted by Crippen LogP contribution is -2.26. The van der Waals surface area contributed by atoms with Crippen LogP contribution in [0.2, 0.25) is 0 Å². The second-order valence-corrected chi connectivity index (χ2v) is 6.06. The van der Waals surface area contributed by atoms with Crippen molar-refractivity contribution in [2.24, 2.45) is 0 Å². The predicted molar refractivity (Wildman–Crippen MR) is 70.0 cm³/mol. The van der Waals surface area contributed by atoms with Gasteiger partial charge in [-0.15, -0.1) is 0 Å². The first-order chi connectivity index (χ1) is 8.52. The summed E-state index contributed by atoms with van der Waals surface area (Å²) in [5.74, 6) is 0.199. The highest BCUT2D eigenvalue weighted by Gasteiger charge is 2.34. The highest BCUT2D eigenvalue weighted by Crippen LogP contribution is 2.31. The number of nitrogens with zero attached hydrogens (tertiary/aromatic N) is 3. The van der Waals surface area contributed by atoms with E-state index in [1.165, 1.54) is 11.8 Å². The quantitative estimate of drug-likeness (QED) is 0.886. The number of carbonyl (C=O) groups is 2. The molecule has 1 fully saturated rings. The second kappa shape index (κ2) is 5.12. The maximum atomic E-state index is 11.9. The van der Waals surface area contributed by atoms with Gasteiger partial charge in [0, 0.05) is 25.1 Å². The third kappa shape index (κ3) is 2.42. The fraction of sp³-hybridized carbons (Fsp3) is 0.400. The van der Waals surface area contributed by atoms with Crippen LogP contribution in [-0.4, -0.2) is 33.0 Å². The second-order valence-electron chi connectivity index (χ2n) is 3.79. The van der Waals surface area contributed by atoms with E-state index in [-0.39, 0.29) is 16.3 Å². The molecule has 8 heteroatoms. The van der Waals surface area contributed by atoms with Gasteiger partial charge in [-0.1, -0.05) is 11.8 Å². The van der Waals surface area contributed by atoms with Crippen LogP contribution < -0.4 is 4.90 Å². The number of nitrogens with one attached hydrogen (secondary N) is 1. The summed E-state index contributed by atoms with van der Waals surface area (Å²) in [6, 6.07) is 1.99. The van der Waals surface area contributed by atoms with E-state index in [1.54, 1.807) is 0 Å². The predicted octanol–water partition coefficient (Wildman–Crippen LogP) is 1.43. The molecule has 0 saturated carbocycles. The first-order valence-corrected chi connectivity index (χ1v) is 6.81. The Balaban J connectivity index is 2.22. The molecule has 2 rings (SSSR count). The van der Waals surface area contributed by atoms with Gasteiger partial charge in [0.25, 0.3) is 0 Å². The van der Waals surface area contributed by atoms with Gasteiger partial charge in [0.2, 0.25) is 5.91 Å². The van der Waals surface area contributed by atoms with Crippen molar-refractivity contribution in [2.75, 3.05) is 11.4 Å². The lowest BCUT2D eigenvalue weighted by Gasteiger charge is -2.13. The Morgan fingerprint density at radius 1 is 1.72 bits per heavy atom. The average Bonchev–Trinajstić information content (AvgIpc) is 2.81. The summed E-state index contributed by atoms with van der Waals surface area (Å²) in [4.78, 5) is 24.3. The van der Waals surface area contributed by atoms with Crippen molar-refractivity contribution in [2.45, 2.75) is 18.6 Å². The zero-order valence-corrected chi connectivity index (χ0v) is 11.8. The molecule has 6 nitrogen and oxygen atoms in total. The van der Waals surface area contributed by atoms with E-state index in [4.69, 9.17) is 5.26 Å². The smallest absolute Gasteiger partial charge is 0.229 e. The van der Waals surface area contributed by atoms with Gasteiger partial charge in [-0.3, -0.25) is 19.6 Å². The number of thioether (sulfide) groups is 1. The van der Waals surface area contributed by atoms with Crippen LogP contribution in [0.1, 0.15) is 18.9 Å². The van der Waals surface area contributed by atoms with Crippen LogP contribution >= 0.6 is 27.7 Å². The maximum Gasteiger partial charge on any atom is 0.229 e. The first kappa shape index (κ1) is 13.1. The van der Waals surface area contributed by atoms with Crippen LogP contribution in [0, 0.1) is 11.3 Å². The van der Waals surface area contributed by atoms with Gasteiger partial charge in [-0.05, 0) is 15.9 Å². The Hall–Kier alpha value is -1.33. The van der Waals surface area contributed by atoms with Crippen molar-refractivity contribution in [1.29, 1.82) is 5.26 Å². The summed E-state index contributed by atoms with van der Waals surface area (Å²) in [6.07, 6.45) is 0.291. The van der Waals surface area contributed by atoms with Crippen LogP contribution in [0.5, 0.6) is 0 Å². The Labute approximate surface area is 116 Å². The number of aromatic amines is 1. The highest BCUT2D eigenvalue weighted by atomic mass is 79.9. The number of hydrogen-bond acceptors (Lipinski definition) is 5. The molecule has 1 N–H and O–H groups in total. The molecule has 0 aromatic carbocycles. The fourth-order valence-electron chi connectivity index (χ4n) is 1.80. The summed E-state index contributed by atoms with van der Waals surface area (Å²) in [5.41, 5.74) is 0.303. The Bertz CT molecular complexity index is 551. The normalized spacial score (nSPS) is 19.1. The Kier molecular flexibility index (Phi) is 3.73. The molecule has 94 valence electrons. The third-order valence-corrected chi connectivity index (χ3v) is 4.05. The Morgan fingerprint density at radius 3 is 3.06 bits per heavy atom. The van der Waals surface area contributed by atoms with Gasteiger partial charge in [0.1, 0.15) is 16.2 Å². The molecule has 0 bridgehead atoms. The van der Waals surface area contributed by atoms with E-state index >= 15 is 0 Å². The van der Waals surface area contributed by atoms with Crippen LogP contribution in [0.4, 0.5) is 5.82 Å². The number of halogens is 1. The minimum absolute atomic E-state index is 0.0154. The zero-order chi connectivity index (χ0) is 13.3. The summed E-state index contributed by atoms with van der Waals surface area (Å²) >= 11 is 4.31. The van der Waals surface area contributed by atoms with Gasteiger partial charge < -0.3 is 0 Å². The molecular formula is C10H9BrN4O2S.